The van der Waals surface area contributed by atoms with E-state index in [9.17, 15) is 0 Å². The van der Waals surface area contributed by atoms with Gasteiger partial charge in [-0.15, -0.1) is 0 Å². The van der Waals surface area contributed by atoms with E-state index in [-0.39, 0.29) is 0 Å². The molecular formula is C5H10ClOSi. The van der Waals surface area contributed by atoms with Gasteiger partial charge in [-0.3, -0.25) is 0 Å². The maximum atomic E-state index is 5.65. The van der Waals surface area contributed by atoms with E-state index in [1.165, 1.54) is 0 Å². The number of hydrogen-bond donors (Lipinski definition) is 0. The summed E-state index contributed by atoms with van der Waals surface area (Å²) >= 11 is 5.65. The minimum Gasteiger partial charge on any atom is -0.502 e. The van der Waals surface area contributed by atoms with Crippen molar-refractivity contribution in [2.24, 2.45) is 0 Å². The van der Waals surface area contributed by atoms with E-state index in [2.05, 4.69) is 0 Å². The van der Waals surface area contributed by atoms with Crippen molar-refractivity contribution in [2.45, 2.75) is 13.5 Å². The Morgan fingerprint density at radius 2 is 2.38 bits per heavy atom. The molecule has 0 heterocycles. The Kier molecular flexibility index (Phi) is 5.22. The van der Waals surface area contributed by atoms with Crippen molar-refractivity contribution >= 4 is 19.2 Å². The van der Waals surface area contributed by atoms with Crippen LogP contribution in [-0.4, -0.2) is 14.7 Å². The number of ether oxygens (including phenoxy) is 1. The van der Waals surface area contributed by atoms with E-state index < -0.39 is 8.11 Å². The van der Waals surface area contributed by atoms with Crippen LogP contribution < -0.4 is 0 Å². The molecule has 0 aliphatic heterocycles. The van der Waals surface area contributed by atoms with Crippen LogP contribution in [0.3, 0.4) is 0 Å². The molecule has 47 valence electrons. The van der Waals surface area contributed by atoms with E-state index in [1.807, 2.05) is 19.2 Å². The Morgan fingerprint density at radius 1 is 1.75 bits per heavy atom. The molecule has 8 heavy (non-hydrogen) atoms. The highest BCUT2D eigenvalue weighted by Crippen LogP contribution is 1.89. The molecule has 1 nitrogen and oxygen atoms in total. The molecule has 0 spiro atoms. The molecule has 0 N–H and O–H groups in total. The Balaban J connectivity index is 3.07. The van der Waals surface area contributed by atoms with Gasteiger partial charge in [-0.25, -0.2) is 0 Å². The highest BCUT2D eigenvalue weighted by Gasteiger charge is 1.88. The number of halogens is 1. The molecule has 1 radical (unpaired) electrons. The van der Waals surface area contributed by atoms with Crippen LogP contribution in [-0.2, 0) is 4.74 Å². The van der Waals surface area contributed by atoms with Gasteiger partial charge >= 0.3 is 0 Å². The van der Waals surface area contributed by atoms with E-state index in [0.717, 1.165) is 6.61 Å². The largest absolute Gasteiger partial charge is 0.502 e. The standard InChI is InChI=1S/C5H10ClOSi/c1-3-7-4-5-8(2)6/h4-5H,3H2,1-2H3. The highest BCUT2D eigenvalue weighted by atomic mass is 35.6. The third kappa shape index (κ3) is 6.05. The summed E-state index contributed by atoms with van der Waals surface area (Å²) in [6.07, 6.45) is 1.67. The molecule has 0 atom stereocenters. The highest BCUT2D eigenvalue weighted by molar-refractivity contribution is 7.09. The minimum absolute atomic E-state index is 0.725. The predicted molar refractivity (Wildman–Crippen MR) is 38.2 cm³/mol. The summed E-state index contributed by atoms with van der Waals surface area (Å²) in [5.41, 5.74) is 1.90. The molecule has 0 bridgehead atoms. The van der Waals surface area contributed by atoms with Gasteiger partial charge in [0.05, 0.1) is 12.9 Å². The molecule has 0 aromatic carbocycles. The van der Waals surface area contributed by atoms with E-state index in [1.54, 1.807) is 6.26 Å². The van der Waals surface area contributed by atoms with E-state index in [0.29, 0.717) is 0 Å². The summed E-state index contributed by atoms with van der Waals surface area (Å²) in [4.78, 5) is 0. The van der Waals surface area contributed by atoms with Crippen molar-refractivity contribution in [3.05, 3.63) is 12.0 Å². The van der Waals surface area contributed by atoms with Crippen molar-refractivity contribution in [1.29, 1.82) is 0 Å². The lowest BCUT2D eigenvalue weighted by atomic mass is 10.9. The molecule has 0 aromatic rings. The van der Waals surface area contributed by atoms with Crippen LogP contribution in [0, 0.1) is 0 Å². The lowest BCUT2D eigenvalue weighted by Gasteiger charge is -1.91. The first kappa shape index (κ1) is 8.05. The fourth-order valence-electron chi connectivity index (χ4n) is 0.238. The van der Waals surface area contributed by atoms with Crippen LogP contribution in [0.5, 0.6) is 0 Å². The smallest absolute Gasteiger partial charge is 0.192 e. The first-order valence-electron chi connectivity index (χ1n) is 2.54. The lowest BCUT2D eigenvalue weighted by Crippen LogP contribution is -1.89. The first-order chi connectivity index (χ1) is 3.77. The Bertz CT molecular complexity index is 72.8. The van der Waals surface area contributed by atoms with Crippen LogP contribution in [0.4, 0.5) is 0 Å². The van der Waals surface area contributed by atoms with Crippen molar-refractivity contribution in [1.82, 2.24) is 0 Å². The van der Waals surface area contributed by atoms with Crippen LogP contribution in [0.2, 0.25) is 6.55 Å². The molecule has 0 fully saturated rings. The van der Waals surface area contributed by atoms with E-state index >= 15 is 0 Å². The topological polar surface area (TPSA) is 9.23 Å². The predicted octanol–water partition coefficient (Wildman–Crippen LogP) is 1.94. The van der Waals surface area contributed by atoms with Crippen molar-refractivity contribution < 1.29 is 4.74 Å². The summed E-state index contributed by atoms with van der Waals surface area (Å²) in [6.45, 7) is 4.66. The molecule has 0 amide bonds. The van der Waals surface area contributed by atoms with Gasteiger partial charge in [-0.05, 0) is 12.6 Å². The summed E-state index contributed by atoms with van der Waals surface area (Å²) in [7, 11) is -0.740. The molecular weight excluding hydrogens is 140 g/mol. The van der Waals surface area contributed by atoms with Gasteiger partial charge in [0.2, 0.25) is 0 Å². The average molecular weight is 150 g/mol. The Labute approximate surface area is 56.6 Å². The van der Waals surface area contributed by atoms with Gasteiger partial charge in [0.15, 0.2) is 8.11 Å². The Morgan fingerprint density at radius 3 is 2.75 bits per heavy atom. The van der Waals surface area contributed by atoms with Crippen molar-refractivity contribution in [2.75, 3.05) is 6.61 Å². The second kappa shape index (κ2) is 5.19. The van der Waals surface area contributed by atoms with Gasteiger partial charge in [0, 0.05) is 0 Å². The summed E-state index contributed by atoms with van der Waals surface area (Å²) < 4.78 is 4.90. The molecule has 0 unspecified atom stereocenters. The summed E-state index contributed by atoms with van der Waals surface area (Å²) in [5.74, 6) is 0. The van der Waals surface area contributed by atoms with Crippen molar-refractivity contribution in [3.63, 3.8) is 0 Å². The monoisotopic (exact) mass is 149 g/mol. The Hall–Kier alpha value is 0.0469. The van der Waals surface area contributed by atoms with Gasteiger partial charge in [-0.2, -0.15) is 11.1 Å². The average Bonchev–Trinajstić information content (AvgIpc) is 1.66. The third-order valence-corrected chi connectivity index (χ3v) is 1.53. The fraction of sp³-hybridized carbons (Fsp3) is 0.600. The molecule has 0 aromatic heterocycles. The second-order valence-corrected chi connectivity index (χ2v) is 4.64. The lowest BCUT2D eigenvalue weighted by molar-refractivity contribution is 0.270. The molecule has 3 heteroatoms. The second-order valence-electron chi connectivity index (χ2n) is 1.34. The molecule has 0 aliphatic carbocycles. The zero-order valence-electron chi connectivity index (χ0n) is 5.15. The van der Waals surface area contributed by atoms with Crippen LogP contribution >= 0.6 is 11.1 Å². The van der Waals surface area contributed by atoms with E-state index in [4.69, 9.17) is 15.8 Å². The molecule has 0 saturated carbocycles. The van der Waals surface area contributed by atoms with Gasteiger partial charge < -0.3 is 4.74 Å². The van der Waals surface area contributed by atoms with Crippen LogP contribution in [0.25, 0.3) is 0 Å². The molecule has 0 rings (SSSR count). The van der Waals surface area contributed by atoms with Crippen LogP contribution in [0.1, 0.15) is 6.92 Å². The summed E-state index contributed by atoms with van der Waals surface area (Å²) in [5, 5.41) is 0. The van der Waals surface area contributed by atoms with Gasteiger partial charge in [0.1, 0.15) is 0 Å². The third-order valence-electron chi connectivity index (χ3n) is 0.561. The quantitative estimate of drug-likeness (QED) is 0.339. The molecule has 0 aliphatic rings. The number of rotatable bonds is 3. The number of hydrogen-bond acceptors (Lipinski definition) is 1. The van der Waals surface area contributed by atoms with Gasteiger partial charge in [0.25, 0.3) is 0 Å². The molecule has 0 saturated heterocycles. The SMILES string of the molecule is CCOC=C[Si](C)Cl. The zero-order chi connectivity index (χ0) is 6.41. The van der Waals surface area contributed by atoms with Crippen LogP contribution in [0.15, 0.2) is 12.0 Å². The van der Waals surface area contributed by atoms with Gasteiger partial charge in [-0.1, -0.05) is 6.55 Å². The summed E-state index contributed by atoms with van der Waals surface area (Å²) in [6, 6.07) is 0. The maximum Gasteiger partial charge on any atom is 0.192 e. The zero-order valence-corrected chi connectivity index (χ0v) is 6.90. The fourth-order valence-corrected chi connectivity index (χ4v) is 0.676. The maximum absolute atomic E-state index is 5.65. The van der Waals surface area contributed by atoms with Crippen molar-refractivity contribution in [3.8, 4) is 0 Å². The first-order valence-corrected chi connectivity index (χ1v) is 5.63. The normalized spacial score (nSPS) is 11.0. The minimum atomic E-state index is -0.740.